The zero-order valence-corrected chi connectivity index (χ0v) is 19.6. The molecule has 4 rings (SSSR count). The Morgan fingerprint density at radius 1 is 1.07 bits per heavy atom. The van der Waals surface area contributed by atoms with Crippen LogP contribution in [0.4, 0.5) is 0 Å². The van der Waals surface area contributed by atoms with Crippen molar-refractivity contribution in [3.8, 4) is 12.3 Å². The molecule has 2 heteroatoms. The Morgan fingerprint density at radius 3 is 2.41 bits per heavy atom. The molecule has 29 heavy (non-hydrogen) atoms. The van der Waals surface area contributed by atoms with E-state index in [2.05, 4.69) is 33.1 Å². The van der Waals surface area contributed by atoms with Gasteiger partial charge in [-0.25, -0.2) is 0 Å². The lowest BCUT2D eigenvalue weighted by molar-refractivity contribution is -0.180. The van der Waals surface area contributed by atoms with Crippen LogP contribution < -0.4 is 0 Å². The number of ketones is 1. The summed E-state index contributed by atoms with van der Waals surface area (Å²) in [5.41, 5.74) is 0.405. The molecule has 0 aromatic rings. The first-order valence-electron chi connectivity index (χ1n) is 12.2. The van der Waals surface area contributed by atoms with Crippen molar-refractivity contribution in [3.63, 3.8) is 0 Å². The minimum Gasteiger partial charge on any atom is -0.390 e. The van der Waals surface area contributed by atoms with E-state index in [-0.39, 0.29) is 5.60 Å². The predicted molar refractivity (Wildman–Crippen MR) is 120 cm³/mol. The highest BCUT2D eigenvalue weighted by molar-refractivity contribution is 5.75. The van der Waals surface area contributed by atoms with E-state index in [0.29, 0.717) is 22.5 Å². The first-order valence-corrected chi connectivity index (χ1v) is 12.2. The molecular weight excluding hydrogens is 356 g/mol. The summed E-state index contributed by atoms with van der Waals surface area (Å²) in [6.07, 6.45) is 17.6. The number of terminal acetylenes is 1. The second-order valence-electron chi connectivity index (χ2n) is 11.5. The fourth-order valence-electron chi connectivity index (χ4n) is 8.58. The third-order valence-corrected chi connectivity index (χ3v) is 10.2. The number of hydrogen-bond acceptors (Lipinski definition) is 2. The van der Waals surface area contributed by atoms with E-state index in [1.807, 2.05) is 0 Å². The molecule has 4 saturated carbocycles. The molecule has 4 fully saturated rings. The first kappa shape index (κ1) is 22.9. The maximum absolute atomic E-state index is 11.7. The predicted octanol–water partition coefficient (Wildman–Crippen LogP) is 6.41. The van der Waals surface area contributed by atoms with E-state index in [0.717, 1.165) is 49.4 Å². The number of rotatable bonds is 3. The lowest BCUT2D eigenvalue weighted by atomic mass is 9.40. The molecule has 4 aliphatic carbocycles. The van der Waals surface area contributed by atoms with Crippen LogP contribution in [-0.2, 0) is 4.79 Å². The molecule has 164 valence electrons. The number of carbonyl (C=O) groups is 1. The van der Waals surface area contributed by atoms with Gasteiger partial charge in [-0.15, -0.1) is 12.3 Å². The Bertz CT molecular complexity index is 647. The fourth-order valence-corrected chi connectivity index (χ4v) is 8.58. The molecule has 1 N–H and O–H groups in total. The van der Waals surface area contributed by atoms with Gasteiger partial charge in [0, 0.05) is 6.42 Å². The smallest absolute Gasteiger partial charge is 0.129 e. The van der Waals surface area contributed by atoms with Crippen LogP contribution in [0.2, 0.25) is 0 Å². The minimum atomic E-state index is -0.329. The lowest BCUT2D eigenvalue weighted by Gasteiger charge is -2.65. The summed E-state index contributed by atoms with van der Waals surface area (Å²) in [5, 5.41) is 11.2. The van der Waals surface area contributed by atoms with Gasteiger partial charge in [0.15, 0.2) is 0 Å². The van der Waals surface area contributed by atoms with Gasteiger partial charge in [-0.05, 0) is 112 Å². The van der Waals surface area contributed by atoms with Crippen LogP contribution in [0.1, 0.15) is 105 Å². The van der Waals surface area contributed by atoms with E-state index in [1.165, 1.54) is 44.9 Å². The van der Waals surface area contributed by atoms with Crippen molar-refractivity contribution in [2.45, 2.75) is 111 Å². The SMILES string of the molecule is C#CC.CC(=O)CC[C@@]1(C)C(C)CCC2(C)C3CC[C@@]4(O)CCCC4C3CCC21. The Labute approximate surface area is 179 Å². The quantitative estimate of drug-likeness (QED) is 0.556. The van der Waals surface area contributed by atoms with E-state index in [1.54, 1.807) is 13.8 Å². The summed E-state index contributed by atoms with van der Waals surface area (Å²) in [4.78, 5) is 11.7. The average molecular weight is 401 g/mol. The third kappa shape index (κ3) is 3.82. The maximum Gasteiger partial charge on any atom is 0.129 e. The molecule has 0 spiro atoms. The molecule has 0 aromatic carbocycles. The van der Waals surface area contributed by atoms with Crippen molar-refractivity contribution in [3.05, 3.63) is 0 Å². The molecule has 0 aliphatic heterocycles. The van der Waals surface area contributed by atoms with Gasteiger partial charge in [0.2, 0.25) is 0 Å². The highest BCUT2D eigenvalue weighted by Gasteiger charge is 2.62. The van der Waals surface area contributed by atoms with Gasteiger partial charge >= 0.3 is 0 Å². The van der Waals surface area contributed by atoms with E-state index < -0.39 is 0 Å². The molecular formula is C27H44O2. The van der Waals surface area contributed by atoms with Gasteiger partial charge < -0.3 is 9.90 Å². The van der Waals surface area contributed by atoms with Crippen molar-refractivity contribution in [1.82, 2.24) is 0 Å². The zero-order valence-electron chi connectivity index (χ0n) is 19.6. The van der Waals surface area contributed by atoms with Crippen LogP contribution in [0.25, 0.3) is 0 Å². The number of carbonyl (C=O) groups excluding carboxylic acids is 1. The molecule has 0 aromatic heterocycles. The Kier molecular flexibility index (Phi) is 6.60. The highest BCUT2D eigenvalue weighted by Crippen LogP contribution is 2.68. The molecule has 4 aliphatic rings. The van der Waals surface area contributed by atoms with Crippen molar-refractivity contribution >= 4 is 5.78 Å². The van der Waals surface area contributed by atoms with Gasteiger partial charge in [0.25, 0.3) is 0 Å². The number of aliphatic hydroxyl groups is 1. The first-order chi connectivity index (χ1) is 13.6. The van der Waals surface area contributed by atoms with Crippen molar-refractivity contribution < 1.29 is 9.90 Å². The number of Topliss-reactive ketones (excluding diaryl/α,β-unsaturated/α-hetero) is 1. The van der Waals surface area contributed by atoms with E-state index >= 15 is 0 Å². The Morgan fingerprint density at radius 2 is 1.76 bits per heavy atom. The van der Waals surface area contributed by atoms with Crippen molar-refractivity contribution in [2.24, 2.45) is 40.4 Å². The number of fused-ring (bicyclic) bond motifs is 5. The van der Waals surface area contributed by atoms with Crippen LogP contribution >= 0.6 is 0 Å². The normalized spacial score (nSPS) is 48.2. The number of hydrogen-bond donors (Lipinski definition) is 1. The average Bonchev–Trinajstić information content (AvgIpc) is 3.06. The Hall–Kier alpha value is -0.810. The third-order valence-electron chi connectivity index (χ3n) is 10.2. The second kappa shape index (κ2) is 8.37. The molecule has 2 nitrogen and oxygen atoms in total. The van der Waals surface area contributed by atoms with E-state index in [4.69, 9.17) is 0 Å². The topological polar surface area (TPSA) is 37.3 Å². The molecule has 0 amide bonds. The molecule has 8 atom stereocenters. The summed E-state index contributed by atoms with van der Waals surface area (Å²) in [6.45, 7) is 11.0. The van der Waals surface area contributed by atoms with Gasteiger partial charge in [-0.2, -0.15) is 0 Å². The zero-order chi connectivity index (χ0) is 21.4. The highest BCUT2D eigenvalue weighted by atomic mass is 16.3. The van der Waals surface area contributed by atoms with E-state index in [9.17, 15) is 9.90 Å². The molecule has 0 bridgehead atoms. The van der Waals surface area contributed by atoms with Gasteiger partial charge in [0.1, 0.15) is 5.78 Å². The summed E-state index contributed by atoms with van der Waals surface area (Å²) >= 11 is 0. The Balaban J connectivity index is 0.000000755. The fraction of sp³-hybridized carbons (Fsp3) is 0.889. The van der Waals surface area contributed by atoms with Gasteiger partial charge in [0.05, 0.1) is 5.60 Å². The molecule has 6 unspecified atom stereocenters. The second-order valence-corrected chi connectivity index (χ2v) is 11.5. The van der Waals surface area contributed by atoms with Crippen LogP contribution in [0.5, 0.6) is 0 Å². The summed E-state index contributed by atoms with van der Waals surface area (Å²) in [5.74, 6) is 6.21. The minimum absolute atomic E-state index is 0.313. The standard InChI is InChI=1S/C24H40O2.C3H4/c1-16-9-13-23(4)19-11-15-24(26)12-5-6-20(24)18(19)7-8-21(23)22(16,3)14-10-17(2)25;1-3-2/h16,18-21,26H,5-15H2,1-4H3;1H,2H3/t16?,18?,19?,20?,21?,22-,23?,24-;/m0./s1. The molecule has 0 saturated heterocycles. The largest absolute Gasteiger partial charge is 0.390 e. The van der Waals surface area contributed by atoms with Crippen molar-refractivity contribution in [2.75, 3.05) is 0 Å². The van der Waals surface area contributed by atoms with Gasteiger partial charge in [-0.1, -0.05) is 27.2 Å². The van der Waals surface area contributed by atoms with Crippen LogP contribution in [0.3, 0.4) is 0 Å². The van der Waals surface area contributed by atoms with Crippen LogP contribution in [0.15, 0.2) is 0 Å². The van der Waals surface area contributed by atoms with Crippen LogP contribution in [-0.4, -0.2) is 16.5 Å². The monoisotopic (exact) mass is 400 g/mol. The molecule has 0 radical (unpaired) electrons. The summed E-state index contributed by atoms with van der Waals surface area (Å²) in [6, 6.07) is 0. The maximum atomic E-state index is 11.7. The summed E-state index contributed by atoms with van der Waals surface area (Å²) < 4.78 is 0. The molecule has 0 heterocycles. The van der Waals surface area contributed by atoms with Crippen molar-refractivity contribution in [1.29, 1.82) is 0 Å². The van der Waals surface area contributed by atoms with Gasteiger partial charge in [-0.3, -0.25) is 0 Å². The van der Waals surface area contributed by atoms with Crippen LogP contribution in [0, 0.1) is 52.8 Å². The summed E-state index contributed by atoms with van der Waals surface area (Å²) in [7, 11) is 0. The lowest BCUT2D eigenvalue weighted by Crippen LogP contribution is -2.59.